The lowest BCUT2D eigenvalue weighted by Crippen LogP contribution is -2.44. The number of rotatable bonds is 1. The van der Waals surface area contributed by atoms with Crippen LogP contribution in [0.2, 0.25) is 0 Å². The van der Waals surface area contributed by atoms with Crippen molar-refractivity contribution in [2.24, 2.45) is 0 Å². The van der Waals surface area contributed by atoms with Crippen molar-refractivity contribution in [2.45, 2.75) is 31.3 Å². The van der Waals surface area contributed by atoms with E-state index in [2.05, 4.69) is 31.2 Å². The van der Waals surface area contributed by atoms with Crippen LogP contribution < -0.4 is 5.32 Å². The highest BCUT2D eigenvalue weighted by Gasteiger charge is 2.43. The van der Waals surface area contributed by atoms with Gasteiger partial charge < -0.3 is 10.2 Å². The molecule has 1 saturated heterocycles. The minimum absolute atomic E-state index is 0.00486. The quantitative estimate of drug-likeness (QED) is 0.825. The highest BCUT2D eigenvalue weighted by molar-refractivity contribution is 9.10. The van der Waals surface area contributed by atoms with Gasteiger partial charge in [0, 0.05) is 29.9 Å². The summed E-state index contributed by atoms with van der Waals surface area (Å²) >= 11 is 3.11. The number of benzene rings is 1. The lowest BCUT2D eigenvalue weighted by molar-refractivity contribution is 0.178. The third-order valence-corrected chi connectivity index (χ3v) is 5.17. The monoisotopic (exact) mass is 376 g/mol. The SMILES string of the molecule is O=C(Nc1ccc(Br)c(F)c1)N1C2CCC1c1cncnc1C2. The number of aromatic nitrogens is 2. The molecule has 2 atom stereocenters. The van der Waals surface area contributed by atoms with Gasteiger partial charge in [0.1, 0.15) is 12.1 Å². The summed E-state index contributed by atoms with van der Waals surface area (Å²) in [6.45, 7) is 0. The van der Waals surface area contributed by atoms with E-state index < -0.39 is 5.82 Å². The van der Waals surface area contributed by atoms with Crippen LogP contribution in [0.15, 0.2) is 35.2 Å². The minimum Gasteiger partial charge on any atom is -0.314 e. The number of carbonyl (C=O) groups excluding carboxylic acids is 1. The maximum absolute atomic E-state index is 13.6. The molecule has 23 heavy (non-hydrogen) atoms. The van der Waals surface area contributed by atoms with Gasteiger partial charge in [-0.05, 0) is 47.0 Å². The molecule has 5 nitrogen and oxygen atoms in total. The van der Waals surface area contributed by atoms with Crippen LogP contribution in [0, 0.1) is 5.82 Å². The molecule has 1 N–H and O–H groups in total. The van der Waals surface area contributed by atoms with Crippen LogP contribution in [0.1, 0.15) is 30.1 Å². The first-order chi connectivity index (χ1) is 11.1. The van der Waals surface area contributed by atoms with E-state index in [-0.39, 0.29) is 18.1 Å². The Labute approximate surface area is 141 Å². The summed E-state index contributed by atoms with van der Waals surface area (Å²) in [5, 5.41) is 2.80. The van der Waals surface area contributed by atoms with E-state index in [4.69, 9.17) is 0 Å². The van der Waals surface area contributed by atoms with Gasteiger partial charge in [-0.1, -0.05) is 0 Å². The van der Waals surface area contributed by atoms with Gasteiger partial charge in [-0.2, -0.15) is 0 Å². The number of halogens is 2. The van der Waals surface area contributed by atoms with E-state index in [1.54, 1.807) is 24.7 Å². The summed E-state index contributed by atoms with van der Waals surface area (Å²) in [5.41, 5.74) is 2.51. The largest absolute Gasteiger partial charge is 0.322 e. The molecule has 7 heteroatoms. The van der Waals surface area contributed by atoms with Crippen molar-refractivity contribution >= 4 is 27.6 Å². The molecule has 0 aliphatic carbocycles. The first-order valence-electron chi connectivity index (χ1n) is 7.46. The van der Waals surface area contributed by atoms with E-state index in [9.17, 15) is 9.18 Å². The molecule has 0 radical (unpaired) electrons. The zero-order valence-electron chi connectivity index (χ0n) is 12.2. The number of amides is 2. The highest BCUT2D eigenvalue weighted by Crippen LogP contribution is 2.42. The molecule has 2 bridgehead atoms. The molecule has 2 aliphatic rings. The van der Waals surface area contributed by atoms with Crippen molar-refractivity contribution in [3.05, 3.63) is 52.3 Å². The molecule has 0 saturated carbocycles. The molecule has 118 valence electrons. The van der Waals surface area contributed by atoms with E-state index in [0.29, 0.717) is 10.2 Å². The number of nitrogens with zero attached hydrogens (tertiary/aromatic N) is 3. The van der Waals surface area contributed by atoms with Gasteiger partial charge in [0.05, 0.1) is 16.2 Å². The Morgan fingerprint density at radius 3 is 3.09 bits per heavy atom. The fraction of sp³-hybridized carbons (Fsp3) is 0.312. The van der Waals surface area contributed by atoms with Crippen LogP contribution in [0.3, 0.4) is 0 Å². The Hall–Kier alpha value is -2.02. The van der Waals surface area contributed by atoms with Crippen LogP contribution in [0.25, 0.3) is 0 Å². The van der Waals surface area contributed by atoms with Gasteiger partial charge in [0.25, 0.3) is 0 Å². The third kappa shape index (κ3) is 2.49. The summed E-state index contributed by atoms with van der Waals surface area (Å²) in [7, 11) is 0. The predicted octanol–water partition coefficient (Wildman–Crippen LogP) is 3.67. The van der Waals surface area contributed by atoms with Crippen LogP contribution in [-0.2, 0) is 6.42 Å². The smallest absolute Gasteiger partial charge is 0.314 e. The summed E-state index contributed by atoms with van der Waals surface area (Å²) in [5.74, 6) is -0.400. The maximum Gasteiger partial charge on any atom is 0.322 e. The first kappa shape index (κ1) is 14.6. The van der Waals surface area contributed by atoms with E-state index >= 15 is 0 Å². The molecule has 2 aromatic rings. The lowest BCUT2D eigenvalue weighted by Gasteiger charge is -2.35. The van der Waals surface area contributed by atoms with Gasteiger partial charge >= 0.3 is 6.03 Å². The minimum atomic E-state index is -0.400. The van der Waals surface area contributed by atoms with Gasteiger partial charge in [0.15, 0.2) is 0 Å². The van der Waals surface area contributed by atoms with Crippen molar-refractivity contribution < 1.29 is 9.18 Å². The molecular weight excluding hydrogens is 363 g/mol. The van der Waals surface area contributed by atoms with E-state index in [0.717, 1.165) is 30.5 Å². The summed E-state index contributed by atoms with van der Waals surface area (Å²) in [6.07, 6.45) is 5.96. The van der Waals surface area contributed by atoms with E-state index in [1.807, 2.05) is 4.90 Å². The number of anilines is 1. The van der Waals surface area contributed by atoms with Crippen LogP contribution in [0.5, 0.6) is 0 Å². The lowest BCUT2D eigenvalue weighted by atomic mass is 10.00. The standard InChI is InChI=1S/C16H14BrFN4O/c17-12-3-1-9(5-13(12)18)21-16(23)22-10-2-4-15(22)11-7-19-8-20-14(11)6-10/h1,3,5,7-8,10,15H,2,4,6H2,(H,21,23). The average Bonchev–Trinajstić information content (AvgIpc) is 2.86. The average molecular weight is 377 g/mol. The molecule has 2 unspecified atom stereocenters. The Kier molecular flexibility index (Phi) is 3.52. The van der Waals surface area contributed by atoms with Crippen LogP contribution in [0.4, 0.5) is 14.9 Å². The molecule has 2 aliphatic heterocycles. The molecule has 1 fully saturated rings. The second-order valence-corrected chi connectivity index (χ2v) is 6.70. The number of nitrogens with one attached hydrogen (secondary N) is 1. The summed E-state index contributed by atoms with van der Waals surface area (Å²) < 4.78 is 14.0. The van der Waals surface area contributed by atoms with Gasteiger partial charge in [0.2, 0.25) is 0 Å². The zero-order chi connectivity index (χ0) is 16.0. The number of hydrogen-bond donors (Lipinski definition) is 1. The normalized spacial score (nSPS) is 21.9. The number of urea groups is 1. The van der Waals surface area contributed by atoms with Crippen molar-refractivity contribution in [1.29, 1.82) is 0 Å². The number of fused-ring (bicyclic) bond motifs is 4. The number of hydrogen-bond acceptors (Lipinski definition) is 3. The van der Waals surface area contributed by atoms with Crippen molar-refractivity contribution in [2.75, 3.05) is 5.32 Å². The molecule has 1 aromatic carbocycles. The predicted molar refractivity (Wildman–Crippen MR) is 86.5 cm³/mol. The zero-order valence-corrected chi connectivity index (χ0v) is 13.8. The highest BCUT2D eigenvalue weighted by atomic mass is 79.9. The van der Waals surface area contributed by atoms with Crippen molar-refractivity contribution in [3.63, 3.8) is 0 Å². The Balaban J connectivity index is 1.59. The molecule has 1 aromatic heterocycles. The fourth-order valence-corrected chi connectivity index (χ4v) is 3.74. The first-order valence-corrected chi connectivity index (χ1v) is 8.26. The second-order valence-electron chi connectivity index (χ2n) is 5.84. The van der Waals surface area contributed by atoms with Gasteiger partial charge in [-0.15, -0.1) is 0 Å². The summed E-state index contributed by atoms with van der Waals surface area (Å²) in [4.78, 5) is 23.0. The van der Waals surface area contributed by atoms with Crippen LogP contribution in [-0.4, -0.2) is 26.9 Å². The van der Waals surface area contributed by atoms with Crippen molar-refractivity contribution in [1.82, 2.24) is 14.9 Å². The van der Waals surface area contributed by atoms with Gasteiger partial charge in [-0.25, -0.2) is 19.2 Å². The maximum atomic E-state index is 13.6. The summed E-state index contributed by atoms with van der Waals surface area (Å²) in [6, 6.07) is 4.51. The Morgan fingerprint density at radius 2 is 2.26 bits per heavy atom. The molecular formula is C16H14BrFN4O. The Morgan fingerprint density at radius 1 is 1.39 bits per heavy atom. The van der Waals surface area contributed by atoms with Gasteiger partial charge in [-0.3, -0.25) is 0 Å². The van der Waals surface area contributed by atoms with Crippen molar-refractivity contribution in [3.8, 4) is 0 Å². The van der Waals surface area contributed by atoms with Crippen LogP contribution >= 0.6 is 15.9 Å². The molecule has 0 spiro atoms. The Bertz CT molecular complexity index is 784. The number of carbonyl (C=O) groups is 1. The fourth-order valence-electron chi connectivity index (χ4n) is 3.50. The molecule has 2 amide bonds. The second kappa shape index (κ2) is 5.56. The molecule has 4 rings (SSSR count). The van der Waals surface area contributed by atoms with E-state index in [1.165, 1.54) is 6.07 Å². The third-order valence-electron chi connectivity index (χ3n) is 4.52. The molecule has 3 heterocycles. The topological polar surface area (TPSA) is 58.1 Å².